The Morgan fingerprint density at radius 2 is 1.16 bits per heavy atom. The van der Waals surface area contributed by atoms with Gasteiger partial charge in [0.25, 0.3) is 16.6 Å². The van der Waals surface area contributed by atoms with Gasteiger partial charge in [0.15, 0.2) is 11.5 Å². The van der Waals surface area contributed by atoms with Gasteiger partial charge in [-0.3, -0.25) is 4.79 Å². The van der Waals surface area contributed by atoms with Crippen molar-refractivity contribution in [2.45, 2.75) is 83.9 Å². The summed E-state index contributed by atoms with van der Waals surface area (Å²) in [6.07, 6.45) is 5.45. The molecule has 0 unspecified atom stereocenters. The summed E-state index contributed by atoms with van der Waals surface area (Å²) in [4.78, 5) is 26.4. The van der Waals surface area contributed by atoms with E-state index in [0.717, 1.165) is 22.6 Å². The van der Waals surface area contributed by atoms with Crippen molar-refractivity contribution in [1.82, 2.24) is 5.32 Å². The second-order valence-electron chi connectivity index (χ2n) is 15.3. The first-order chi connectivity index (χ1) is 23.3. The average molecular weight is 718 g/mol. The summed E-state index contributed by atoms with van der Waals surface area (Å²) >= 11 is 0. The number of hydrogen-bond donors (Lipinski definition) is 1. The molecule has 3 rings (SSSR count). The summed E-state index contributed by atoms with van der Waals surface area (Å²) in [5, 5.41) is 2.92. The number of carbonyl (C=O) groups excluding carboxylic acids is 2. The number of para-hydroxylation sites is 2. The summed E-state index contributed by atoms with van der Waals surface area (Å²) in [6.45, 7) is 21.9. The van der Waals surface area contributed by atoms with Crippen molar-refractivity contribution in [2.75, 3.05) is 20.8 Å². The third-order valence-corrected chi connectivity index (χ3v) is 18.2. The van der Waals surface area contributed by atoms with E-state index >= 15 is 0 Å². The SMILES string of the molecule is COc1ccc([C@@H](CNC(=O)/C=C/c2ccccc2O[Si](C)(C)C(C)(C)C)OC(=O)/C=C/c2ccccc2O[Si](C)(C)C(C)(C)C)cc1OC. The van der Waals surface area contributed by atoms with Gasteiger partial charge in [0, 0.05) is 23.3 Å². The predicted octanol–water partition coefficient (Wildman–Crippen LogP) is 9.60. The molecule has 0 aliphatic heterocycles. The zero-order valence-corrected chi connectivity index (χ0v) is 33.8. The maximum atomic E-state index is 13.3. The highest BCUT2D eigenvalue weighted by Crippen LogP contribution is 2.39. The molecule has 0 aliphatic carbocycles. The van der Waals surface area contributed by atoms with Crippen molar-refractivity contribution in [3.63, 3.8) is 0 Å². The van der Waals surface area contributed by atoms with Crippen LogP contribution in [-0.2, 0) is 14.3 Å². The minimum atomic E-state index is -2.12. The van der Waals surface area contributed by atoms with Crippen LogP contribution in [0, 0.1) is 0 Å². The first-order valence-electron chi connectivity index (χ1n) is 16.9. The van der Waals surface area contributed by atoms with E-state index in [2.05, 4.69) is 73.0 Å². The highest BCUT2D eigenvalue weighted by Gasteiger charge is 2.40. The number of esters is 1. The van der Waals surface area contributed by atoms with Gasteiger partial charge in [-0.25, -0.2) is 4.79 Å². The number of carbonyl (C=O) groups is 2. The van der Waals surface area contributed by atoms with Crippen LogP contribution in [0.4, 0.5) is 0 Å². The molecule has 0 aliphatic rings. The quantitative estimate of drug-likeness (QED) is 0.101. The van der Waals surface area contributed by atoms with Crippen molar-refractivity contribution in [1.29, 1.82) is 0 Å². The van der Waals surface area contributed by atoms with Gasteiger partial charge in [0.2, 0.25) is 5.91 Å². The Morgan fingerprint density at radius 1 is 0.680 bits per heavy atom. The zero-order valence-electron chi connectivity index (χ0n) is 31.8. The molecular weight excluding hydrogens is 663 g/mol. The molecule has 0 bridgehead atoms. The summed E-state index contributed by atoms with van der Waals surface area (Å²) in [5.74, 6) is 1.54. The molecule has 0 aromatic heterocycles. The maximum Gasteiger partial charge on any atom is 0.331 e. The third kappa shape index (κ3) is 10.9. The minimum Gasteiger partial charge on any atom is -0.543 e. The van der Waals surface area contributed by atoms with Crippen LogP contribution in [0.5, 0.6) is 23.0 Å². The topological polar surface area (TPSA) is 92.3 Å². The van der Waals surface area contributed by atoms with Gasteiger partial charge in [-0.1, -0.05) is 84.0 Å². The molecule has 0 fully saturated rings. The smallest absolute Gasteiger partial charge is 0.331 e. The van der Waals surface area contributed by atoms with Crippen LogP contribution in [-0.4, -0.2) is 49.3 Å². The molecule has 3 aromatic carbocycles. The molecule has 0 heterocycles. The second kappa shape index (κ2) is 16.6. The number of rotatable bonds is 14. The lowest BCUT2D eigenvalue weighted by Crippen LogP contribution is -2.44. The number of methoxy groups -OCH3 is 2. The Morgan fingerprint density at radius 3 is 1.64 bits per heavy atom. The fourth-order valence-corrected chi connectivity index (χ4v) is 6.40. The molecule has 3 aromatic rings. The summed E-state index contributed by atoms with van der Waals surface area (Å²) in [6, 6.07) is 20.6. The molecule has 0 saturated carbocycles. The highest BCUT2D eigenvalue weighted by molar-refractivity contribution is 6.75. The van der Waals surface area contributed by atoms with E-state index in [1.807, 2.05) is 48.5 Å². The molecule has 1 N–H and O–H groups in total. The van der Waals surface area contributed by atoms with E-state index in [9.17, 15) is 9.59 Å². The van der Waals surface area contributed by atoms with E-state index in [1.165, 1.54) is 19.3 Å². The van der Waals surface area contributed by atoms with Crippen molar-refractivity contribution >= 4 is 40.7 Å². The summed E-state index contributed by atoms with van der Waals surface area (Å²) < 4.78 is 29.9. The van der Waals surface area contributed by atoms with Crippen LogP contribution >= 0.6 is 0 Å². The summed E-state index contributed by atoms with van der Waals surface area (Å²) in [5.41, 5.74) is 2.20. The van der Waals surface area contributed by atoms with Gasteiger partial charge < -0.3 is 28.4 Å². The minimum absolute atomic E-state index is 0.0108. The molecule has 1 amide bonds. The molecule has 50 heavy (non-hydrogen) atoms. The summed E-state index contributed by atoms with van der Waals surface area (Å²) in [7, 11) is -1.12. The molecular formula is C40H55NO7Si2. The van der Waals surface area contributed by atoms with Gasteiger partial charge in [0.1, 0.15) is 17.6 Å². The monoisotopic (exact) mass is 717 g/mol. The van der Waals surface area contributed by atoms with Crippen molar-refractivity contribution in [3.8, 4) is 23.0 Å². The van der Waals surface area contributed by atoms with Gasteiger partial charge >= 0.3 is 5.97 Å². The Labute approximate surface area is 301 Å². The van der Waals surface area contributed by atoms with Gasteiger partial charge in [-0.2, -0.15) is 0 Å². The second-order valence-corrected chi connectivity index (χ2v) is 24.7. The van der Waals surface area contributed by atoms with E-state index in [0.29, 0.717) is 17.1 Å². The fraction of sp³-hybridized carbons (Fsp3) is 0.400. The number of nitrogens with one attached hydrogen (secondary N) is 1. The van der Waals surface area contributed by atoms with Crippen molar-refractivity contribution in [3.05, 3.63) is 95.6 Å². The van der Waals surface area contributed by atoms with Crippen LogP contribution in [0.3, 0.4) is 0 Å². The maximum absolute atomic E-state index is 13.3. The van der Waals surface area contributed by atoms with Gasteiger partial charge in [0.05, 0.1) is 20.8 Å². The Hall–Kier alpha value is -4.29. The molecule has 8 nitrogen and oxygen atoms in total. The normalized spacial score (nSPS) is 13.2. The highest BCUT2D eigenvalue weighted by atomic mass is 28.4. The molecule has 270 valence electrons. The van der Waals surface area contributed by atoms with Crippen LogP contribution in [0.2, 0.25) is 36.3 Å². The number of ether oxygens (including phenoxy) is 3. The molecule has 1 atom stereocenters. The molecule has 10 heteroatoms. The average Bonchev–Trinajstić information content (AvgIpc) is 3.04. The largest absolute Gasteiger partial charge is 0.543 e. The number of hydrogen-bond acceptors (Lipinski definition) is 7. The standard InChI is InChI=1S/C40H55NO7Si2/c1-39(2,3)49(9,10)47-32-19-15-13-17-29(32)22-25-37(42)41-28-36(31-21-24-34(44-7)35(27-31)45-8)46-38(43)26-23-30-18-14-16-20-33(30)48-50(11,12)40(4,5)6/h13-27,36H,28H2,1-12H3,(H,41,42)/b25-22+,26-23+/t36-/m1/s1. The van der Waals surface area contributed by atoms with E-state index in [4.69, 9.17) is 23.1 Å². The fourth-order valence-electron chi connectivity index (χ4n) is 4.31. The molecule has 0 spiro atoms. The predicted molar refractivity (Wildman–Crippen MR) is 208 cm³/mol. The number of benzene rings is 3. The Bertz CT molecular complexity index is 1680. The lowest BCUT2D eigenvalue weighted by molar-refractivity contribution is -0.143. The van der Waals surface area contributed by atoms with Crippen molar-refractivity contribution in [2.24, 2.45) is 0 Å². The number of amides is 1. The lowest BCUT2D eigenvalue weighted by atomic mass is 10.1. The Kier molecular flexibility index (Phi) is 13.3. The van der Waals surface area contributed by atoms with Crippen LogP contribution in [0.25, 0.3) is 12.2 Å². The lowest BCUT2D eigenvalue weighted by Gasteiger charge is -2.36. The van der Waals surface area contributed by atoms with Gasteiger partial charge in [-0.05, 0) is 78.2 Å². The van der Waals surface area contributed by atoms with Crippen molar-refractivity contribution < 1.29 is 32.7 Å². The zero-order chi connectivity index (χ0) is 37.3. The molecule has 0 radical (unpaired) electrons. The van der Waals surface area contributed by atoms with E-state index in [1.54, 1.807) is 37.5 Å². The van der Waals surface area contributed by atoms with Crippen LogP contribution < -0.4 is 23.6 Å². The van der Waals surface area contributed by atoms with Crippen LogP contribution in [0.15, 0.2) is 78.9 Å². The van der Waals surface area contributed by atoms with Crippen LogP contribution in [0.1, 0.15) is 64.3 Å². The molecule has 0 saturated heterocycles. The first-order valence-corrected chi connectivity index (χ1v) is 22.7. The van der Waals surface area contributed by atoms with E-state index < -0.39 is 28.7 Å². The third-order valence-electron chi connectivity index (χ3n) is 9.49. The van der Waals surface area contributed by atoms with Gasteiger partial charge in [-0.15, -0.1) is 0 Å². The Balaban J connectivity index is 1.82. The first kappa shape index (κ1) is 40.1. The van der Waals surface area contributed by atoms with E-state index in [-0.39, 0.29) is 22.5 Å².